The van der Waals surface area contributed by atoms with E-state index in [2.05, 4.69) is 16.4 Å². The third kappa shape index (κ3) is 3.02. The van der Waals surface area contributed by atoms with Gasteiger partial charge in [-0.3, -0.25) is 4.79 Å². The summed E-state index contributed by atoms with van der Waals surface area (Å²) in [5.74, 6) is -0.239. The van der Waals surface area contributed by atoms with Crippen molar-refractivity contribution in [3.8, 4) is 0 Å². The van der Waals surface area contributed by atoms with Gasteiger partial charge in [-0.1, -0.05) is 29.5 Å². The maximum atomic E-state index is 12.1. The highest BCUT2D eigenvalue weighted by Crippen LogP contribution is 2.44. The molecule has 0 radical (unpaired) electrons. The Morgan fingerprint density at radius 3 is 2.76 bits per heavy atom. The lowest BCUT2D eigenvalue weighted by atomic mass is 9.81. The lowest BCUT2D eigenvalue weighted by Crippen LogP contribution is -2.28. The molecule has 1 aliphatic carbocycles. The number of aryl methyl sites for hydroxylation is 3. The predicted molar refractivity (Wildman–Crippen MR) is 111 cm³/mol. The molecular weight excluding hydrogens is 366 g/mol. The molecule has 1 heterocycles. The Hall–Kier alpha value is -2.73. The lowest BCUT2D eigenvalue weighted by Gasteiger charge is -2.28. The zero-order chi connectivity index (χ0) is 21.0. The number of fused-ring (bicyclic) bond motifs is 2. The zero-order valence-corrected chi connectivity index (χ0v) is 17.6. The normalized spacial score (nSPS) is 18.8. The number of hydrogen-bond donors (Lipinski definition) is 1. The Bertz CT molecular complexity index is 1120. The van der Waals surface area contributed by atoms with Crippen LogP contribution in [0.15, 0.2) is 30.3 Å². The lowest BCUT2D eigenvalue weighted by molar-refractivity contribution is -0.150. The van der Waals surface area contributed by atoms with Gasteiger partial charge >= 0.3 is 5.97 Å². The molecule has 0 saturated carbocycles. The Morgan fingerprint density at radius 1 is 1.28 bits per heavy atom. The van der Waals surface area contributed by atoms with E-state index in [0.29, 0.717) is 12.8 Å². The van der Waals surface area contributed by atoms with Gasteiger partial charge in [0, 0.05) is 7.05 Å². The van der Waals surface area contributed by atoms with Crippen molar-refractivity contribution < 1.29 is 14.6 Å². The van der Waals surface area contributed by atoms with E-state index in [1.807, 2.05) is 52.1 Å². The van der Waals surface area contributed by atoms with Gasteiger partial charge in [-0.05, 0) is 73.9 Å². The van der Waals surface area contributed by atoms with Crippen LogP contribution in [0.4, 0.5) is 0 Å². The van der Waals surface area contributed by atoms with Gasteiger partial charge in [0.1, 0.15) is 11.1 Å². The Balaban J connectivity index is 1.78. The summed E-state index contributed by atoms with van der Waals surface area (Å²) in [6.07, 6.45) is 1.98. The Labute approximate surface area is 170 Å². The first-order chi connectivity index (χ1) is 13.7. The number of rotatable bonds is 4. The van der Waals surface area contributed by atoms with E-state index in [1.54, 1.807) is 4.68 Å². The van der Waals surface area contributed by atoms with Crippen LogP contribution in [0.1, 0.15) is 48.1 Å². The molecule has 1 aliphatic rings. The van der Waals surface area contributed by atoms with Crippen molar-refractivity contribution >= 4 is 17.0 Å². The SMILES string of the molecule is COC(=O)C(C)(C)Cc1ccc2c(c1)C(O)(c1ccc3c(nnn3C)c1C)CC2. The summed E-state index contributed by atoms with van der Waals surface area (Å²) in [6.45, 7) is 5.75. The molecule has 2 aromatic carbocycles. The van der Waals surface area contributed by atoms with Crippen molar-refractivity contribution in [2.24, 2.45) is 12.5 Å². The molecule has 0 fully saturated rings. The zero-order valence-electron chi connectivity index (χ0n) is 17.6. The molecule has 1 N–H and O–H groups in total. The first-order valence-corrected chi connectivity index (χ1v) is 9.90. The monoisotopic (exact) mass is 393 g/mol. The largest absolute Gasteiger partial charge is 0.469 e. The van der Waals surface area contributed by atoms with Gasteiger partial charge in [-0.25, -0.2) is 4.68 Å². The van der Waals surface area contributed by atoms with E-state index in [0.717, 1.165) is 45.3 Å². The number of benzene rings is 2. The average Bonchev–Trinajstić information content (AvgIpc) is 3.23. The van der Waals surface area contributed by atoms with Gasteiger partial charge in [0.15, 0.2) is 0 Å². The van der Waals surface area contributed by atoms with Crippen LogP contribution < -0.4 is 0 Å². The van der Waals surface area contributed by atoms with Gasteiger partial charge in [0.25, 0.3) is 0 Å². The van der Waals surface area contributed by atoms with Crippen molar-refractivity contribution in [2.45, 2.75) is 45.6 Å². The highest BCUT2D eigenvalue weighted by atomic mass is 16.5. The predicted octanol–water partition coefficient (Wildman–Crippen LogP) is 3.20. The Kier molecular flexibility index (Phi) is 4.50. The molecule has 1 atom stereocenters. The Morgan fingerprint density at radius 2 is 2.03 bits per heavy atom. The van der Waals surface area contributed by atoms with Crippen LogP contribution in [0.5, 0.6) is 0 Å². The topological polar surface area (TPSA) is 77.2 Å². The van der Waals surface area contributed by atoms with Crippen LogP contribution in [0.25, 0.3) is 11.0 Å². The summed E-state index contributed by atoms with van der Waals surface area (Å²) >= 11 is 0. The highest BCUT2D eigenvalue weighted by molar-refractivity contribution is 5.80. The summed E-state index contributed by atoms with van der Waals surface area (Å²) in [6, 6.07) is 10.1. The van der Waals surface area contributed by atoms with Gasteiger partial charge in [0.2, 0.25) is 0 Å². The second-order valence-corrected chi connectivity index (χ2v) is 8.72. The van der Waals surface area contributed by atoms with Crippen LogP contribution in [0.2, 0.25) is 0 Å². The summed E-state index contributed by atoms with van der Waals surface area (Å²) in [4.78, 5) is 12.1. The molecule has 29 heavy (non-hydrogen) atoms. The first-order valence-electron chi connectivity index (χ1n) is 9.90. The summed E-state index contributed by atoms with van der Waals surface area (Å²) in [5.41, 5.74) is 4.95. The summed E-state index contributed by atoms with van der Waals surface area (Å²) in [5, 5.41) is 20.2. The molecule has 4 rings (SSSR count). The maximum Gasteiger partial charge on any atom is 0.311 e. The number of aromatic nitrogens is 3. The number of methoxy groups -OCH3 is 1. The van der Waals surface area contributed by atoms with E-state index >= 15 is 0 Å². The van der Waals surface area contributed by atoms with Crippen molar-refractivity contribution in [2.75, 3.05) is 7.11 Å². The van der Waals surface area contributed by atoms with Crippen molar-refractivity contribution in [3.05, 3.63) is 58.1 Å². The van der Waals surface area contributed by atoms with E-state index in [1.165, 1.54) is 7.11 Å². The van der Waals surface area contributed by atoms with Gasteiger partial charge < -0.3 is 9.84 Å². The number of nitrogens with zero attached hydrogens (tertiary/aromatic N) is 3. The molecule has 1 unspecified atom stereocenters. The third-order valence-corrected chi connectivity index (χ3v) is 6.24. The van der Waals surface area contributed by atoms with Crippen LogP contribution in [-0.4, -0.2) is 33.2 Å². The average molecular weight is 393 g/mol. The fraction of sp³-hybridized carbons (Fsp3) is 0.435. The van der Waals surface area contributed by atoms with Crippen LogP contribution in [0.3, 0.4) is 0 Å². The van der Waals surface area contributed by atoms with Gasteiger partial charge in [-0.2, -0.15) is 0 Å². The molecule has 1 aromatic heterocycles. The molecule has 3 aromatic rings. The molecule has 152 valence electrons. The fourth-order valence-electron chi connectivity index (χ4n) is 4.61. The van der Waals surface area contributed by atoms with Crippen molar-refractivity contribution in [1.82, 2.24) is 15.0 Å². The van der Waals surface area contributed by atoms with Crippen molar-refractivity contribution in [3.63, 3.8) is 0 Å². The second kappa shape index (κ2) is 6.66. The molecule has 0 spiro atoms. The minimum atomic E-state index is -1.07. The van der Waals surface area contributed by atoms with Crippen LogP contribution in [0, 0.1) is 12.3 Å². The molecule has 0 amide bonds. The molecule has 0 saturated heterocycles. The number of carbonyl (C=O) groups is 1. The molecule has 6 nitrogen and oxygen atoms in total. The van der Waals surface area contributed by atoms with Crippen molar-refractivity contribution in [1.29, 1.82) is 0 Å². The van der Waals surface area contributed by atoms with Gasteiger partial charge in [-0.15, -0.1) is 5.10 Å². The minimum absolute atomic E-state index is 0.239. The summed E-state index contributed by atoms with van der Waals surface area (Å²) in [7, 11) is 3.28. The number of hydrogen-bond acceptors (Lipinski definition) is 5. The van der Waals surface area contributed by atoms with Crippen LogP contribution in [-0.2, 0) is 35.0 Å². The molecule has 0 aliphatic heterocycles. The minimum Gasteiger partial charge on any atom is -0.469 e. The van der Waals surface area contributed by atoms with Crippen LogP contribution >= 0.6 is 0 Å². The molecular formula is C23H27N3O3. The second-order valence-electron chi connectivity index (χ2n) is 8.72. The molecule has 0 bridgehead atoms. The van der Waals surface area contributed by atoms with E-state index in [-0.39, 0.29) is 5.97 Å². The van der Waals surface area contributed by atoms with E-state index in [9.17, 15) is 9.90 Å². The number of aliphatic hydroxyl groups is 1. The number of carbonyl (C=O) groups excluding carboxylic acids is 1. The standard InChI is InChI=1S/C23H27N3O3/c1-14-17(8-9-19-20(14)24-25-26(19)4)23(28)11-10-16-7-6-15(12-18(16)23)13-22(2,3)21(27)29-5/h6-9,12,28H,10-11,13H2,1-5H3. The maximum absolute atomic E-state index is 12.1. The quantitative estimate of drug-likeness (QED) is 0.689. The molecule has 6 heteroatoms. The first kappa shape index (κ1) is 19.6. The highest BCUT2D eigenvalue weighted by Gasteiger charge is 2.40. The number of esters is 1. The van der Waals surface area contributed by atoms with E-state index < -0.39 is 11.0 Å². The smallest absolute Gasteiger partial charge is 0.311 e. The number of ether oxygens (including phenoxy) is 1. The van der Waals surface area contributed by atoms with Gasteiger partial charge in [0.05, 0.1) is 18.0 Å². The third-order valence-electron chi connectivity index (χ3n) is 6.24. The fourth-order valence-corrected chi connectivity index (χ4v) is 4.61. The summed E-state index contributed by atoms with van der Waals surface area (Å²) < 4.78 is 6.69. The van der Waals surface area contributed by atoms with E-state index in [4.69, 9.17) is 4.74 Å².